The van der Waals surface area contributed by atoms with Gasteiger partial charge in [0.2, 0.25) is 5.91 Å². The summed E-state index contributed by atoms with van der Waals surface area (Å²) in [4.78, 5) is 36.6. The van der Waals surface area contributed by atoms with Crippen molar-refractivity contribution in [3.63, 3.8) is 0 Å². The number of ether oxygens (including phenoxy) is 1. The van der Waals surface area contributed by atoms with Crippen molar-refractivity contribution in [2.45, 2.75) is 57.9 Å². The van der Waals surface area contributed by atoms with Gasteiger partial charge < -0.3 is 15.5 Å². The van der Waals surface area contributed by atoms with Gasteiger partial charge in [-0.05, 0) is 57.3 Å². The van der Waals surface area contributed by atoms with Crippen molar-refractivity contribution in [2.24, 2.45) is 23.2 Å². The Morgan fingerprint density at radius 1 is 1.23 bits per heavy atom. The zero-order valence-electron chi connectivity index (χ0n) is 15.3. The van der Waals surface area contributed by atoms with Crippen molar-refractivity contribution >= 4 is 23.4 Å². The molecule has 4 fully saturated rings. The summed E-state index contributed by atoms with van der Waals surface area (Å²) in [5.41, 5.74) is -1.03. The molecule has 0 saturated heterocycles. The summed E-state index contributed by atoms with van der Waals surface area (Å²) in [5.74, 6) is -1.42. The number of rotatable bonds is 6. The highest BCUT2D eigenvalue weighted by Gasteiger charge is 2.61. The Morgan fingerprint density at radius 2 is 1.85 bits per heavy atom. The quantitative estimate of drug-likeness (QED) is 0.553. The van der Waals surface area contributed by atoms with Crippen molar-refractivity contribution in [2.75, 3.05) is 6.61 Å². The van der Waals surface area contributed by atoms with Crippen molar-refractivity contribution in [3.05, 3.63) is 0 Å². The first kappa shape index (κ1) is 18.6. The summed E-state index contributed by atoms with van der Waals surface area (Å²) in [5, 5.41) is 19.5. The van der Waals surface area contributed by atoms with Crippen LogP contribution in [0.2, 0.25) is 0 Å². The second kappa shape index (κ2) is 6.49. The van der Waals surface area contributed by atoms with E-state index in [1.54, 1.807) is 6.07 Å². The Hall–Kier alpha value is -2.23. The predicted molar refractivity (Wildman–Crippen MR) is 92.1 cm³/mol. The molecule has 2 N–H and O–H groups in total. The number of carbonyl (C=O) groups is 3. The Balaban J connectivity index is 1.71. The van der Waals surface area contributed by atoms with Crippen LogP contribution in [0.15, 0.2) is 0 Å². The molecule has 4 aliphatic carbocycles. The van der Waals surface area contributed by atoms with Gasteiger partial charge in [0.05, 0.1) is 11.5 Å². The molecule has 1 amide bonds. The highest BCUT2D eigenvalue weighted by molar-refractivity contribution is 6.06. The minimum atomic E-state index is -1.16. The van der Waals surface area contributed by atoms with E-state index >= 15 is 0 Å². The van der Waals surface area contributed by atoms with E-state index in [4.69, 9.17) is 15.4 Å². The highest BCUT2D eigenvalue weighted by atomic mass is 16.5. The van der Waals surface area contributed by atoms with Crippen LogP contribution in [0.1, 0.15) is 52.4 Å². The van der Waals surface area contributed by atoms with Crippen LogP contribution in [-0.4, -0.2) is 35.5 Å². The first-order valence-electron chi connectivity index (χ1n) is 9.12. The molecule has 3 unspecified atom stereocenters. The van der Waals surface area contributed by atoms with Crippen molar-refractivity contribution in [1.82, 2.24) is 5.32 Å². The molecule has 140 valence electrons. The zero-order chi connectivity index (χ0) is 19.1. The predicted octanol–water partition coefficient (Wildman–Crippen LogP) is 1.75. The van der Waals surface area contributed by atoms with Gasteiger partial charge >= 0.3 is 5.97 Å². The van der Waals surface area contributed by atoms with E-state index in [0.29, 0.717) is 18.3 Å². The molecule has 4 aliphatic rings. The van der Waals surface area contributed by atoms with Gasteiger partial charge in [0.15, 0.2) is 12.4 Å². The first-order chi connectivity index (χ1) is 12.2. The van der Waals surface area contributed by atoms with Crippen LogP contribution < -0.4 is 5.32 Å². The molecule has 0 radical (unpaired) electrons. The van der Waals surface area contributed by atoms with Crippen LogP contribution >= 0.6 is 0 Å². The lowest BCUT2D eigenvalue weighted by atomic mass is 9.47. The standard InChI is InChI=1S/C19H25N3O4/c1-11(21)15(8-20)16(24)9-26-17(25)18-4-13-3-14(5-18)7-19(6-13,10-18)22-12(2)23/h13-15,21H,3-7,9-10H2,1-2H3,(H,22,23)/t13-,14+,15?,18?,19?. The largest absolute Gasteiger partial charge is 0.457 e. The number of Topliss-reactive ketones (excluding diaryl/α,β-unsaturated/α-hetero) is 1. The molecule has 7 nitrogen and oxygen atoms in total. The molecule has 0 spiro atoms. The lowest BCUT2D eigenvalue weighted by Gasteiger charge is -2.60. The topological polar surface area (TPSA) is 120 Å². The number of carbonyl (C=O) groups excluding carboxylic acids is 3. The fourth-order valence-electron chi connectivity index (χ4n) is 5.80. The molecule has 7 heteroatoms. The Bertz CT molecular complexity index is 694. The lowest BCUT2D eigenvalue weighted by Crippen LogP contribution is -2.64. The SMILES string of the molecule is CC(=N)C(C#N)C(=O)COC(=O)C12C[C@@H]3C[C@@H](CC(NC(C)=O)(C3)C1)C2. The summed E-state index contributed by atoms with van der Waals surface area (Å²) in [6.45, 7) is 2.42. The fourth-order valence-corrected chi connectivity index (χ4v) is 5.80. The molecule has 0 aromatic rings. The summed E-state index contributed by atoms with van der Waals surface area (Å²) >= 11 is 0. The first-order valence-corrected chi connectivity index (χ1v) is 9.12. The zero-order valence-corrected chi connectivity index (χ0v) is 15.3. The highest BCUT2D eigenvalue weighted by Crippen LogP contribution is 2.62. The van der Waals surface area contributed by atoms with E-state index in [-0.39, 0.29) is 17.2 Å². The van der Waals surface area contributed by atoms with Crippen LogP contribution in [0.5, 0.6) is 0 Å². The maximum absolute atomic E-state index is 12.9. The molecule has 4 bridgehead atoms. The van der Waals surface area contributed by atoms with Crippen molar-refractivity contribution in [1.29, 1.82) is 10.7 Å². The van der Waals surface area contributed by atoms with Crippen LogP contribution in [0.4, 0.5) is 0 Å². The summed E-state index contributed by atoms with van der Waals surface area (Å²) in [6.07, 6.45) is 4.93. The molecule has 0 aromatic heterocycles. The number of hydrogen-bond donors (Lipinski definition) is 2. The van der Waals surface area contributed by atoms with Gasteiger partial charge in [-0.3, -0.25) is 14.4 Å². The molecule has 0 heterocycles. The van der Waals surface area contributed by atoms with Gasteiger partial charge in [0, 0.05) is 18.2 Å². The average molecular weight is 359 g/mol. The van der Waals surface area contributed by atoms with E-state index in [9.17, 15) is 14.4 Å². The average Bonchev–Trinajstić information content (AvgIpc) is 2.50. The summed E-state index contributed by atoms with van der Waals surface area (Å²) in [7, 11) is 0. The lowest BCUT2D eigenvalue weighted by molar-refractivity contribution is -0.177. The van der Waals surface area contributed by atoms with Crippen LogP contribution in [0.25, 0.3) is 0 Å². The number of amides is 1. The van der Waals surface area contributed by atoms with Gasteiger partial charge in [0.25, 0.3) is 0 Å². The van der Waals surface area contributed by atoms with Gasteiger partial charge in [-0.2, -0.15) is 5.26 Å². The van der Waals surface area contributed by atoms with Gasteiger partial charge in [0.1, 0.15) is 5.92 Å². The number of hydrogen-bond acceptors (Lipinski definition) is 6. The van der Waals surface area contributed by atoms with Gasteiger partial charge in [-0.15, -0.1) is 0 Å². The molecule has 26 heavy (non-hydrogen) atoms. The summed E-state index contributed by atoms with van der Waals surface area (Å²) < 4.78 is 5.32. The minimum absolute atomic E-state index is 0.0482. The van der Waals surface area contributed by atoms with Crippen molar-refractivity contribution < 1.29 is 19.1 Å². The van der Waals surface area contributed by atoms with E-state index in [0.717, 1.165) is 32.1 Å². The summed E-state index contributed by atoms with van der Waals surface area (Å²) in [6, 6.07) is 1.78. The van der Waals surface area contributed by atoms with E-state index < -0.39 is 29.7 Å². The maximum atomic E-state index is 12.9. The maximum Gasteiger partial charge on any atom is 0.312 e. The Morgan fingerprint density at radius 3 is 2.35 bits per heavy atom. The van der Waals surface area contributed by atoms with Gasteiger partial charge in [-0.1, -0.05) is 0 Å². The molecular formula is C19H25N3O4. The number of nitrogens with zero attached hydrogens (tertiary/aromatic N) is 1. The number of nitriles is 1. The Labute approximate surface area is 153 Å². The third kappa shape index (κ3) is 3.25. The third-order valence-electron chi connectivity index (χ3n) is 6.16. The molecule has 0 aliphatic heterocycles. The number of nitrogens with one attached hydrogen (secondary N) is 2. The smallest absolute Gasteiger partial charge is 0.312 e. The number of esters is 1. The fraction of sp³-hybridized carbons (Fsp3) is 0.737. The second-order valence-electron chi connectivity index (χ2n) is 8.49. The molecular weight excluding hydrogens is 334 g/mol. The van der Waals surface area contributed by atoms with Crippen molar-refractivity contribution in [3.8, 4) is 6.07 Å². The Kier molecular flexibility index (Phi) is 4.63. The van der Waals surface area contributed by atoms with E-state index in [1.807, 2.05) is 0 Å². The van der Waals surface area contributed by atoms with Crippen LogP contribution in [-0.2, 0) is 19.1 Å². The number of ketones is 1. The monoisotopic (exact) mass is 359 g/mol. The van der Waals surface area contributed by atoms with E-state index in [2.05, 4.69) is 5.32 Å². The molecule has 4 rings (SSSR count). The molecule has 0 aromatic carbocycles. The normalized spacial score (nSPS) is 35.3. The van der Waals surface area contributed by atoms with Crippen LogP contribution in [0, 0.1) is 39.9 Å². The van der Waals surface area contributed by atoms with Gasteiger partial charge in [-0.25, -0.2) is 0 Å². The van der Waals surface area contributed by atoms with Crippen LogP contribution in [0.3, 0.4) is 0 Å². The molecule has 4 saturated carbocycles. The minimum Gasteiger partial charge on any atom is -0.457 e. The van der Waals surface area contributed by atoms with E-state index in [1.165, 1.54) is 13.8 Å². The third-order valence-corrected chi connectivity index (χ3v) is 6.16. The second-order valence-corrected chi connectivity index (χ2v) is 8.49. The molecule has 5 atom stereocenters.